The molecule has 2 aromatic heterocycles. The maximum Gasteiger partial charge on any atom is 0.488 e. The van der Waals surface area contributed by atoms with Gasteiger partial charge in [0.25, 0.3) is 0 Å². The van der Waals surface area contributed by atoms with Gasteiger partial charge in [-0.1, -0.05) is 40.2 Å². The summed E-state index contributed by atoms with van der Waals surface area (Å²) in [6.07, 6.45) is 0. The quantitative estimate of drug-likeness (QED) is 0.295. The normalized spacial score (nSPS) is 11.2. The lowest BCUT2D eigenvalue weighted by atomic mass is 9.80. The number of nitrogens with one attached hydrogen (secondary N) is 2. The molecule has 26 heavy (non-hydrogen) atoms. The molecule has 0 saturated heterocycles. The number of hydrogen-bond donors (Lipinski definition) is 4. The van der Waals surface area contributed by atoms with E-state index in [2.05, 4.69) is 36.2 Å². The Hall–Kier alpha value is -2.13. The summed E-state index contributed by atoms with van der Waals surface area (Å²) in [5.41, 5.74) is 3.90. The van der Waals surface area contributed by atoms with Gasteiger partial charge < -0.3 is 20.3 Å². The highest BCUT2D eigenvalue weighted by atomic mass is 79.9. The fourth-order valence-electron chi connectivity index (χ4n) is 2.82. The van der Waals surface area contributed by atoms with Gasteiger partial charge in [0.1, 0.15) is 11.0 Å². The highest BCUT2D eigenvalue weighted by molar-refractivity contribution is 9.10. The van der Waals surface area contributed by atoms with Crippen LogP contribution in [0.2, 0.25) is 5.28 Å². The van der Waals surface area contributed by atoms with Crippen LogP contribution >= 0.6 is 27.5 Å². The number of H-pyrrole nitrogens is 1. The summed E-state index contributed by atoms with van der Waals surface area (Å²) in [6, 6.07) is 12.9. The molecule has 9 heteroatoms. The van der Waals surface area contributed by atoms with Crippen molar-refractivity contribution in [3.8, 4) is 0 Å². The number of anilines is 1. The van der Waals surface area contributed by atoms with Crippen LogP contribution in [0.15, 0.2) is 46.9 Å². The summed E-state index contributed by atoms with van der Waals surface area (Å²) >= 11 is 9.59. The summed E-state index contributed by atoms with van der Waals surface area (Å²) in [5, 5.41) is 22.7. The highest BCUT2D eigenvalue weighted by Crippen LogP contribution is 2.31. The molecule has 0 unspecified atom stereocenters. The number of aromatic amines is 1. The van der Waals surface area contributed by atoms with E-state index in [0.717, 1.165) is 32.0 Å². The average Bonchev–Trinajstić information content (AvgIpc) is 2.98. The molecule has 0 radical (unpaired) electrons. The third kappa shape index (κ3) is 3.28. The molecule has 2 heterocycles. The average molecular weight is 431 g/mol. The summed E-state index contributed by atoms with van der Waals surface area (Å²) in [7, 11) is -1.47. The Bertz CT molecular complexity index is 1100. The highest BCUT2D eigenvalue weighted by Gasteiger charge is 2.14. The van der Waals surface area contributed by atoms with Crippen LogP contribution in [0.5, 0.6) is 0 Å². The van der Waals surface area contributed by atoms with Gasteiger partial charge in [-0.25, -0.2) is 4.98 Å². The minimum atomic E-state index is -1.47. The third-order valence-corrected chi connectivity index (χ3v) is 4.78. The van der Waals surface area contributed by atoms with Gasteiger partial charge in [-0.05, 0) is 40.8 Å². The first-order valence-corrected chi connectivity index (χ1v) is 9.01. The number of benzene rings is 2. The minimum Gasteiger partial charge on any atom is -0.423 e. The summed E-state index contributed by atoms with van der Waals surface area (Å²) in [4.78, 5) is 12.0. The van der Waals surface area contributed by atoms with Crippen LogP contribution in [0.25, 0.3) is 21.9 Å². The molecule has 130 valence electrons. The van der Waals surface area contributed by atoms with Gasteiger partial charge in [-0.3, -0.25) is 0 Å². The number of fused-ring (bicyclic) bond motifs is 3. The van der Waals surface area contributed by atoms with E-state index < -0.39 is 7.12 Å². The Morgan fingerprint density at radius 2 is 1.88 bits per heavy atom. The van der Waals surface area contributed by atoms with Crippen LogP contribution in [-0.2, 0) is 6.54 Å². The summed E-state index contributed by atoms with van der Waals surface area (Å²) < 4.78 is 0.960. The smallest absolute Gasteiger partial charge is 0.423 e. The molecule has 0 bridgehead atoms. The van der Waals surface area contributed by atoms with E-state index in [4.69, 9.17) is 21.6 Å². The van der Waals surface area contributed by atoms with Gasteiger partial charge in [0, 0.05) is 21.9 Å². The molecule has 4 N–H and O–H groups in total. The predicted octanol–water partition coefficient (Wildman–Crippen LogP) is 2.82. The molecule has 6 nitrogen and oxygen atoms in total. The van der Waals surface area contributed by atoms with Crippen molar-refractivity contribution in [2.45, 2.75) is 6.54 Å². The van der Waals surface area contributed by atoms with Crippen molar-refractivity contribution in [1.29, 1.82) is 0 Å². The molecule has 2 aromatic carbocycles. The van der Waals surface area contributed by atoms with Gasteiger partial charge in [-0.15, -0.1) is 0 Å². The second-order valence-corrected chi connectivity index (χ2v) is 7.10. The topological polar surface area (TPSA) is 94.1 Å². The molecule has 4 rings (SSSR count). The van der Waals surface area contributed by atoms with Crippen LogP contribution in [0.1, 0.15) is 5.56 Å². The molecule has 0 atom stereocenters. The molecule has 0 aliphatic carbocycles. The van der Waals surface area contributed by atoms with Gasteiger partial charge in [0.2, 0.25) is 5.28 Å². The standard InChI is InChI=1S/C17H13BBrClN4O2/c19-11-5-6-13-12(7-11)14-15(22-13)16(24-17(20)23-14)21-8-9-1-3-10(4-2-9)18(25)26/h1-7,22,25-26H,8H2,(H,21,23,24). The molecule has 0 aliphatic heterocycles. The lowest BCUT2D eigenvalue weighted by Crippen LogP contribution is -2.29. The first-order valence-electron chi connectivity index (χ1n) is 7.84. The number of nitrogens with zero attached hydrogens (tertiary/aromatic N) is 2. The van der Waals surface area contributed by atoms with Crippen molar-refractivity contribution in [2.24, 2.45) is 0 Å². The maximum atomic E-state index is 9.16. The predicted molar refractivity (Wildman–Crippen MR) is 108 cm³/mol. The first kappa shape index (κ1) is 17.3. The molecule has 0 spiro atoms. The molecule has 0 fully saturated rings. The Morgan fingerprint density at radius 3 is 2.62 bits per heavy atom. The Morgan fingerprint density at radius 1 is 1.12 bits per heavy atom. The molecular formula is C17H13BBrClN4O2. The van der Waals surface area contributed by atoms with E-state index in [1.54, 1.807) is 12.1 Å². The molecule has 0 amide bonds. The van der Waals surface area contributed by atoms with Crippen LogP contribution in [-0.4, -0.2) is 32.1 Å². The maximum absolute atomic E-state index is 9.16. The van der Waals surface area contributed by atoms with Gasteiger partial charge in [0.15, 0.2) is 5.82 Å². The first-order chi connectivity index (χ1) is 12.5. The zero-order chi connectivity index (χ0) is 18.3. The number of hydrogen-bond acceptors (Lipinski definition) is 5. The molecule has 4 aromatic rings. The van der Waals surface area contributed by atoms with Crippen LogP contribution in [0.3, 0.4) is 0 Å². The van der Waals surface area contributed by atoms with Crippen molar-refractivity contribution < 1.29 is 10.0 Å². The minimum absolute atomic E-state index is 0.166. The van der Waals surface area contributed by atoms with E-state index >= 15 is 0 Å². The zero-order valence-electron chi connectivity index (χ0n) is 13.4. The number of aromatic nitrogens is 3. The van der Waals surface area contributed by atoms with Gasteiger partial charge >= 0.3 is 7.12 Å². The zero-order valence-corrected chi connectivity index (χ0v) is 15.7. The van der Waals surface area contributed by atoms with Crippen molar-refractivity contribution in [1.82, 2.24) is 15.0 Å². The summed E-state index contributed by atoms with van der Waals surface area (Å²) in [6.45, 7) is 0.503. The fourth-order valence-corrected chi connectivity index (χ4v) is 3.35. The van der Waals surface area contributed by atoms with E-state index in [9.17, 15) is 0 Å². The second-order valence-electron chi connectivity index (χ2n) is 5.85. The second kappa shape index (κ2) is 6.88. The van der Waals surface area contributed by atoms with Crippen molar-refractivity contribution in [3.05, 3.63) is 57.8 Å². The van der Waals surface area contributed by atoms with Crippen molar-refractivity contribution in [3.63, 3.8) is 0 Å². The van der Waals surface area contributed by atoms with Gasteiger partial charge in [0.05, 0.1) is 0 Å². The fraction of sp³-hybridized carbons (Fsp3) is 0.0588. The largest absolute Gasteiger partial charge is 0.488 e. The Labute approximate surface area is 162 Å². The monoisotopic (exact) mass is 430 g/mol. The Balaban J connectivity index is 1.68. The van der Waals surface area contributed by atoms with Crippen LogP contribution < -0.4 is 10.8 Å². The third-order valence-electron chi connectivity index (χ3n) is 4.12. The molecule has 0 aliphatic rings. The molecular weight excluding hydrogens is 418 g/mol. The summed E-state index contributed by atoms with van der Waals surface area (Å²) in [5.74, 6) is 0.610. The number of halogens is 2. The van der Waals surface area contributed by atoms with Crippen molar-refractivity contribution >= 4 is 67.9 Å². The van der Waals surface area contributed by atoms with E-state index in [-0.39, 0.29) is 5.28 Å². The SMILES string of the molecule is OB(O)c1ccc(CNc2nc(Cl)nc3c2[nH]c2ccc(Br)cc23)cc1. The van der Waals surface area contributed by atoms with E-state index in [1.807, 2.05) is 30.3 Å². The van der Waals surface area contributed by atoms with Crippen molar-refractivity contribution in [2.75, 3.05) is 5.32 Å². The lowest BCUT2D eigenvalue weighted by Gasteiger charge is -2.08. The molecule has 0 saturated carbocycles. The van der Waals surface area contributed by atoms with Gasteiger partial charge in [-0.2, -0.15) is 4.98 Å². The van der Waals surface area contributed by atoms with E-state index in [1.165, 1.54) is 0 Å². The van der Waals surface area contributed by atoms with Crippen LogP contribution in [0, 0.1) is 0 Å². The number of rotatable bonds is 4. The Kier molecular flexibility index (Phi) is 4.58. The van der Waals surface area contributed by atoms with Crippen LogP contribution in [0.4, 0.5) is 5.82 Å². The van der Waals surface area contributed by atoms with E-state index in [0.29, 0.717) is 17.8 Å². The lowest BCUT2D eigenvalue weighted by molar-refractivity contribution is 0.426.